The Kier molecular flexibility index (Phi) is 5.48. The molecule has 1 aromatic rings. The fourth-order valence-electron chi connectivity index (χ4n) is 2.47. The first-order valence-corrected chi connectivity index (χ1v) is 7.41. The van der Waals surface area contributed by atoms with Crippen LogP contribution in [-0.2, 0) is 4.79 Å². The van der Waals surface area contributed by atoms with Crippen molar-refractivity contribution in [3.8, 4) is 5.75 Å². The van der Waals surface area contributed by atoms with Crippen LogP contribution in [0.5, 0.6) is 5.75 Å². The quantitative estimate of drug-likeness (QED) is 0.655. The normalized spacial score (nSPS) is 17.1. The average molecular weight is 295 g/mol. The molecule has 0 saturated heterocycles. The molecular formula is C16H19ClO3. The van der Waals surface area contributed by atoms with Gasteiger partial charge in [0, 0.05) is 11.6 Å². The lowest BCUT2D eigenvalue weighted by molar-refractivity contribution is -0.131. The third kappa shape index (κ3) is 4.27. The Labute approximate surface area is 124 Å². The van der Waals surface area contributed by atoms with Gasteiger partial charge in [-0.1, -0.05) is 36.6 Å². The summed E-state index contributed by atoms with van der Waals surface area (Å²) in [5, 5.41) is 9.26. The summed E-state index contributed by atoms with van der Waals surface area (Å²) in [6, 6.07) is 5.38. The van der Waals surface area contributed by atoms with Crippen LogP contribution in [0.25, 0.3) is 6.08 Å². The molecular weight excluding hydrogens is 276 g/mol. The summed E-state index contributed by atoms with van der Waals surface area (Å²) >= 11 is 6.20. The molecule has 20 heavy (non-hydrogen) atoms. The van der Waals surface area contributed by atoms with E-state index >= 15 is 0 Å². The van der Waals surface area contributed by atoms with E-state index < -0.39 is 5.97 Å². The van der Waals surface area contributed by atoms with Crippen LogP contribution in [0.2, 0.25) is 5.02 Å². The lowest BCUT2D eigenvalue weighted by Crippen LogP contribution is -2.16. The highest BCUT2D eigenvalue weighted by atomic mass is 35.5. The molecule has 1 N–H and O–H groups in total. The molecule has 0 radical (unpaired) electrons. The lowest BCUT2D eigenvalue weighted by Gasteiger charge is -2.19. The third-order valence-corrected chi connectivity index (χ3v) is 3.79. The number of carboxylic acid groups (broad SMARTS) is 1. The second-order valence-electron chi connectivity index (χ2n) is 5.06. The SMILES string of the molecule is O=C(O)/C=C/c1cccc(Cl)c1OC1CCCCCC1. The molecule has 1 aliphatic carbocycles. The maximum Gasteiger partial charge on any atom is 0.328 e. The summed E-state index contributed by atoms with van der Waals surface area (Å²) in [6.45, 7) is 0. The Bertz CT molecular complexity index is 488. The van der Waals surface area contributed by atoms with E-state index in [9.17, 15) is 4.79 Å². The van der Waals surface area contributed by atoms with E-state index in [0.717, 1.165) is 18.9 Å². The van der Waals surface area contributed by atoms with E-state index in [1.165, 1.54) is 31.8 Å². The number of carboxylic acids is 1. The van der Waals surface area contributed by atoms with E-state index in [0.29, 0.717) is 16.3 Å². The van der Waals surface area contributed by atoms with Gasteiger partial charge in [0.15, 0.2) is 0 Å². The molecule has 1 aliphatic rings. The van der Waals surface area contributed by atoms with E-state index in [4.69, 9.17) is 21.4 Å². The summed E-state index contributed by atoms with van der Waals surface area (Å²) in [7, 11) is 0. The molecule has 2 rings (SSSR count). The van der Waals surface area contributed by atoms with E-state index in [1.54, 1.807) is 12.1 Å². The number of hydrogen-bond acceptors (Lipinski definition) is 2. The Morgan fingerprint density at radius 3 is 2.60 bits per heavy atom. The molecule has 0 aliphatic heterocycles. The molecule has 1 fully saturated rings. The summed E-state index contributed by atoms with van der Waals surface area (Å²) < 4.78 is 6.05. The molecule has 0 aromatic heterocycles. The Balaban J connectivity index is 2.18. The molecule has 1 aromatic carbocycles. The van der Waals surface area contributed by atoms with Crippen molar-refractivity contribution in [2.75, 3.05) is 0 Å². The Hall–Kier alpha value is -1.48. The molecule has 0 heterocycles. The van der Waals surface area contributed by atoms with Crippen LogP contribution in [0.15, 0.2) is 24.3 Å². The largest absolute Gasteiger partial charge is 0.488 e. The van der Waals surface area contributed by atoms with Gasteiger partial charge in [0.2, 0.25) is 0 Å². The van der Waals surface area contributed by atoms with Crippen LogP contribution in [0.3, 0.4) is 0 Å². The number of para-hydroxylation sites is 1. The van der Waals surface area contributed by atoms with Crippen molar-refractivity contribution < 1.29 is 14.6 Å². The average Bonchev–Trinajstić information content (AvgIpc) is 2.68. The zero-order valence-corrected chi connectivity index (χ0v) is 12.1. The number of benzene rings is 1. The van der Waals surface area contributed by atoms with Crippen molar-refractivity contribution in [2.45, 2.75) is 44.6 Å². The first-order chi connectivity index (χ1) is 9.66. The van der Waals surface area contributed by atoms with Gasteiger partial charge >= 0.3 is 5.97 Å². The fourth-order valence-corrected chi connectivity index (χ4v) is 2.69. The van der Waals surface area contributed by atoms with Crippen LogP contribution in [0.1, 0.15) is 44.1 Å². The maximum atomic E-state index is 10.6. The predicted octanol–water partition coefficient (Wildman–Crippen LogP) is 4.54. The van der Waals surface area contributed by atoms with E-state index in [-0.39, 0.29) is 6.10 Å². The molecule has 3 nitrogen and oxygen atoms in total. The van der Waals surface area contributed by atoms with Crippen LogP contribution >= 0.6 is 11.6 Å². The van der Waals surface area contributed by atoms with Crippen molar-refractivity contribution in [1.29, 1.82) is 0 Å². The minimum absolute atomic E-state index is 0.175. The van der Waals surface area contributed by atoms with Crippen molar-refractivity contribution in [1.82, 2.24) is 0 Å². The minimum atomic E-state index is -0.981. The summed E-state index contributed by atoms with van der Waals surface area (Å²) in [5.41, 5.74) is 0.712. The highest BCUT2D eigenvalue weighted by Gasteiger charge is 2.16. The fraction of sp³-hybridized carbons (Fsp3) is 0.438. The van der Waals surface area contributed by atoms with Gasteiger partial charge in [0.1, 0.15) is 5.75 Å². The second kappa shape index (κ2) is 7.34. The summed E-state index contributed by atoms with van der Waals surface area (Å²) in [6.07, 6.45) is 9.74. The van der Waals surface area contributed by atoms with Crippen LogP contribution < -0.4 is 4.74 Å². The summed E-state index contributed by atoms with van der Waals surface area (Å²) in [5.74, 6) is -0.385. The highest BCUT2D eigenvalue weighted by molar-refractivity contribution is 6.32. The van der Waals surface area contributed by atoms with Gasteiger partial charge in [-0.15, -0.1) is 0 Å². The maximum absolute atomic E-state index is 10.6. The molecule has 0 amide bonds. The van der Waals surface area contributed by atoms with Crippen molar-refractivity contribution in [2.24, 2.45) is 0 Å². The van der Waals surface area contributed by atoms with Crippen LogP contribution in [0.4, 0.5) is 0 Å². The molecule has 0 unspecified atom stereocenters. The standard InChI is InChI=1S/C16H19ClO3/c17-14-9-5-6-12(10-11-15(18)19)16(14)20-13-7-3-1-2-4-8-13/h5-6,9-11,13H,1-4,7-8H2,(H,18,19)/b11-10+. The molecule has 0 atom stereocenters. The Morgan fingerprint density at radius 1 is 1.25 bits per heavy atom. The van der Waals surface area contributed by atoms with Gasteiger partial charge in [0.25, 0.3) is 0 Å². The highest BCUT2D eigenvalue weighted by Crippen LogP contribution is 2.32. The number of hydrogen-bond donors (Lipinski definition) is 1. The third-order valence-electron chi connectivity index (χ3n) is 3.49. The lowest BCUT2D eigenvalue weighted by atomic mass is 10.1. The number of halogens is 1. The van der Waals surface area contributed by atoms with Crippen LogP contribution in [-0.4, -0.2) is 17.2 Å². The number of rotatable bonds is 4. The molecule has 0 spiro atoms. The first kappa shape index (κ1) is 14.9. The van der Waals surface area contributed by atoms with Gasteiger partial charge in [-0.05, 0) is 37.8 Å². The number of ether oxygens (including phenoxy) is 1. The summed E-state index contributed by atoms with van der Waals surface area (Å²) in [4.78, 5) is 10.6. The van der Waals surface area contributed by atoms with Crippen molar-refractivity contribution >= 4 is 23.6 Å². The van der Waals surface area contributed by atoms with Gasteiger partial charge in [-0.25, -0.2) is 4.79 Å². The predicted molar refractivity (Wildman–Crippen MR) is 80.2 cm³/mol. The number of carbonyl (C=O) groups is 1. The number of aliphatic carboxylic acids is 1. The van der Waals surface area contributed by atoms with Crippen molar-refractivity contribution in [3.05, 3.63) is 34.9 Å². The minimum Gasteiger partial charge on any atom is -0.488 e. The van der Waals surface area contributed by atoms with Gasteiger partial charge in [0.05, 0.1) is 11.1 Å². The smallest absolute Gasteiger partial charge is 0.328 e. The second-order valence-corrected chi connectivity index (χ2v) is 5.47. The monoisotopic (exact) mass is 294 g/mol. The van der Waals surface area contributed by atoms with E-state index in [2.05, 4.69) is 0 Å². The molecule has 4 heteroatoms. The van der Waals surface area contributed by atoms with Gasteiger partial charge in [-0.3, -0.25) is 0 Å². The van der Waals surface area contributed by atoms with Gasteiger partial charge < -0.3 is 9.84 Å². The first-order valence-electron chi connectivity index (χ1n) is 7.03. The van der Waals surface area contributed by atoms with Crippen molar-refractivity contribution in [3.63, 3.8) is 0 Å². The zero-order valence-electron chi connectivity index (χ0n) is 11.3. The molecule has 1 saturated carbocycles. The van der Waals surface area contributed by atoms with Gasteiger partial charge in [-0.2, -0.15) is 0 Å². The zero-order chi connectivity index (χ0) is 14.4. The van der Waals surface area contributed by atoms with E-state index in [1.807, 2.05) is 6.07 Å². The molecule has 0 bridgehead atoms. The molecule has 108 valence electrons. The van der Waals surface area contributed by atoms with Crippen LogP contribution in [0, 0.1) is 0 Å². The topological polar surface area (TPSA) is 46.5 Å². The Morgan fingerprint density at radius 2 is 1.95 bits per heavy atom.